The number of carboxylic acid groups (broad SMARTS) is 1. The molecular formula is C24H18N4O4. The number of aromatic nitrogens is 2. The van der Waals surface area contributed by atoms with Crippen LogP contribution in [-0.2, 0) is 0 Å². The molecule has 0 saturated heterocycles. The molecule has 0 fully saturated rings. The largest absolute Gasteiger partial charge is 0.508 e. The molecule has 1 heterocycles. The van der Waals surface area contributed by atoms with Gasteiger partial charge in [-0.2, -0.15) is 10.2 Å². The lowest BCUT2D eigenvalue weighted by molar-refractivity contribution is 0.0696. The van der Waals surface area contributed by atoms with E-state index in [1.165, 1.54) is 42.6 Å². The lowest BCUT2D eigenvalue weighted by Gasteiger charge is -2.02. The highest BCUT2D eigenvalue weighted by molar-refractivity contribution is 5.95. The zero-order chi connectivity index (χ0) is 22.5. The van der Waals surface area contributed by atoms with Crippen LogP contribution in [-0.4, -0.2) is 38.1 Å². The Hall–Kier alpha value is -4.72. The molecule has 0 saturated carbocycles. The first-order valence-corrected chi connectivity index (χ1v) is 9.62. The number of carbonyl (C=O) groups excluding carboxylic acids is 1. The minimum Gasteiger partial charge on any atom is -0.508 e. The summed E-state index contributed by atoms with van der Waals surface area (Å²) in [4.78, 5) is 23.3. The third-order valence-corrected chi connectivity index (χ3v) is 4.67. The van der Waals surface area contributed by atoms with Crippen molar-refractivity contribution >= 4 is 18.1 Å². The van der Waals surface area contributed by atoms with Crippen LogP contribution in [0.2, 0.25) is 0 Å². The van der Waals surface area contributed by atoms with E-state index in [0.717, 1.165) is 5.56 Å². The molecule has 0 aliphatic carbocycles. The third kappa shape index (κ3) is 4.54. The molecule has 158 valence electrons. The SMILES string of the molecule is O=C(O)c1ccc(-n2cc(/C=N/NC(=O)c3ccc(O)cc3)c(-c3ccccc3)n2)cc1. The standard InChI is InChI=1S/C24H18N4O4/c29-21-12-8-17(9-13-21)23(30)26-25-14-19-15-28(20-10-6-18(7-11-20)24(31)32)27-22(19)16-4-2-1-3-5-16/h1-15,29H,(H,26,30)(H,31,32)/b25-14+. The van der Waals surface area contributed by atoms with Crippen LogP contribution in [0.3, 0.4) is 0 Å². The van der Waals surface area contributed by atoms with Gasteiger partial charge in [-0.15, -0.1) is 0 Å². The molecule has 0 spiro atoms. The molecule has 0 bridgehead atoms. The highest BCUT2D eigenvalue weighted by Crippen LogP contribution is 2.22. The molecule has 1 aromatic heterocycles. The zero-order valence-corrected chi connectivity index (χ0v) is 16.7. The molecule has 3 N–H and O–H groups in total. The van der Waals surface area contributed by atoms with Crippen LogP contribution in [0, 0.1) is 0 Å². The zero-order valence-electron chi connectivity index (χ0n) is 16.7. The fourth-order valence-corrected chi connectivity index (χ4v) is 3.03. The van der Waals surface area contributed by atoms with Crippen LogP contribution < -0.4 is 5.43 Å². The Kier molecular flexibility index (Phi) is 5.76. The summed E-state index contributed by atoms with van der Waals surface area (Å²) in [6.45, 7) is 0. The van der Waals surface area contributed by atoms with E-state index in [1.54, 1.807) is 23.0 Å². The molecule has 4 aromatic rings. The van der Waals surface area contributed by atoms with Crippen molar-refractivity contribution in [1.29, 1.82) is 0 Å². The Morgan fingerprint density at radius 2 is 1.56 bits per heavy atom. The van der Waals surface area contributed by atoms with Crippen LogP contribution in [0.25, 0.3) is 16.9 Å². The Bertz CT molecular complexity index is 1280. The molecule has 32 heavy (non-hydrogen) atoms. The summed E-state index contributed by atoms with van der Waals surface area (Å²) in [6.07, 6.45) is 3.24. The molecule has 4 rings (SSSR count). The molecular weight excluding hydrogens is 408 g/mol. The van der Waals surface area contributed by atoms with Gasteiger partial charge in [-0.25, -0.2) is 14.9 Å². The molecule has 0 unspecified atom stereocenters. The van der Waals surface area contributed by atoms with Crippen molar-refractivity contribution in [2.45, 2.75) is 0 Å². The quantitative estimate of drug-likeness (QED) is 0.321. The maximum absolute atomic E-state index is 12.2. The van der Waals surface area contributed by atoms with Crippen molar-refractivity contribution in [3.8, 4) is 22.7 Å². The van der Waals surface area contributed by atoms with Crippen LogP contribution in [0.4, 0.5) is 0 Å². The first-order chi connectivity index (χ1) is 15.5. The number of nitrogens with one attached hydrogen (secondary N) is 1. The Balaban J connectivity index is 1.62. The smallest absolute Gasteiger partial charge is 0.335 e. The number of phenols is 1. The average molecular weight is 426 g/mol. The van der Waals surface area contributed by atoms with Crippen molar-refractivity contribution in [3.05, 3.63) is 102 Å². The lowest BCUT2D eigenvalue weighted by Crippen LogP contribution is -2.17. The second kappa shape index (κ2) is 8.97. The number of nitrogens with zero attached hydrogens (tertiary/aromatic N) is 3. The summed E-state index contributed by atoms with van der Waals surface area (Å²) in [5.41, 5.74) is 5.85. The molecule has 8 heteroatoms. The Morgan fingerprint density at radius 3 is 2.22 bits per heavy atom. The van der Waals surface area contributed by atoms with E-state index in [0.29, 0.717) is 22.5 Å². The van der Waals surface area contributed by atoms with Crippen molar-refractivity contribution in [1.82, 2.24) is 15.2 Å². The highest BCUT2D eigenvalue weighted by Gasteiger charge is 2.12. The fraction of sp³-hybridized carbons (Fsp3) is 0. The molecule has 3 aromatic carbocycles. The minimum atomic E-state index is -1.00. The number of carbonyl (C=O) groups is 2. The van der Waals surface area contributed by atoms with E-state index < -0.39 is 11.9 Å². The van der Waals surface area contributed by atoms with Gasteiger partial charge in [-0.1, -0.05) is 30.3 Å². The predicted octanol–water partition coefficient (Wildman–Crippen LogP) is 3.71. The Morgan fingerprint density at radius 1 is 0.906 bits per heavy atom. The van der Waals surface area contributed by atoms with Gasteiger partial charge in [-0.05, 0) is 48.5 Å². The van der Waals surface area contributed by atoms with Gasteiger partial charge in [-0.3, -0.25) is 4.79 Å². The molecule has 1 amide bonds. The normalized spacial score (nSPS) is 10.9. The number of benzene rings is 3. The summed E-state index contributed by atoms with van der Waals surface area (Å²) in [5, 5.41) is 27.1. The van der Waals surface area contributed by atoms with Gasteiger partial charge in [0.2, 0.25) is 0 Å². The van der Waals surface area contributed by atoms with Crippen LogP contribution in [0.5, 0.6) is 5.75 Å². The summed E-state index contributed by atoms with van der Waals surface area (Å²) in [7, 11) is 0. The number of amides is 1. The first kappa shape index (κ1) is 20.5. The van der Waals surface area contributed by atoms with Crippen molar-refractivity contribution in [2.75, 3.05) is 0 Å². The number of phenolic OH excluding ortho intramolecular Hbond substituents is 1. The summed E-state index contributed by atoms with van der Waals surface area (Å²) in [5.74, 6) is -1.35. The number of aromatic hydroxyl groups is 1. The van der Waals surface area contributed by atoms with E-state index in [1.807, 2.05) is 30.3 Å². The first-order valence-electron chi connectivity index (χ1n) is 9.62. The number of hydrazone groups is 1. The lowest BCUT2D eigenvalue weighted by atomic mass is 10.1. The molecule has 0 aliphatic rings. The van der Waals surface area contributed by atoms with Gasteiger partial charge in [0.05, 0.1) is 17.5 Å². The van der Waals surface area contributed by atoms with E-state index in [-0.39, 0.29) is 11.3 Å². The number of hydrogen-bond acceptors (Lipinski definition) is 5. The molecule has 0 aliphatic heterocycles. The van der Waals surface area contributed by atoms with Gasteiger partial charge in [0, 0.05) is 22.9 Å². The molecule has 0 atom stereocenters. The topological polar surface area (TPSA) is 117 Å². The van der Waals surface area contributed by atoms with Gasteiger partial charge in [0.25, 0.3) is 5.91 Å². The second-order valence-electron chi connectivity index (χ2n) is 6.84. The van der Waals surface area contributed by atoms with E-state index in [9.17, 15) is 14.7 Å². The van der Waals surface area contributed by atoms with Crippen LogP contribution in [0.15, 0.2) is 90.2 Å². The fourth-order valence-electron chi connectivity index (χ4n) is 3.03. The highest BCUT2D eigenvalue weighted by atomic mass is 16.4. The maximum atomic E-state index is 12.2. The number of hydrogen-bond donors (Lipinski definition) is 3. The second-order valence-corrected chi connectivity index (χ2v) is 6.84. The number of aromatic carboxylic acids is 1. The van der Waals surface area contributed by atoms with Gasteiger partial charge >= 0.3 is 5.97 Å². The molecule has 8 nitrogen and oxygen atoms in total. The average Bonchev–Trinajstić information content (AvgIpc) is 3.24. The van der Waals surface area contributed by atoms with Gasteiger partial charge in [0.15, 0.2) is 0 Å². The van der Waals surface area contributed by atoms with Crippen molar-refractivity contribution in [3.63, 3.8) is 0 Å². The maximum Gasteiger partial charge on any atom is 0.335 e. The van der Waals surface area contributed by atoms with Crippen LogP contribution in [0.1, 0.15) is 26.3 Å². The molecule has 0 radical (unpaired) electrons. The van der Waals surface area contributed by atoms with Crippen molar-refractivity contribution in [2.24, 2.45) is 5.10 Å². The third-order valence-electron chi connectivity index (χ3n) is 4.67. The number of carboxylic acids is 1. The summed E-state index contributed by atoms with van der Waals surface area (Å²) < 4.78 is 1.62. The predicted molar refractivity (Wildman–Crippen MR) is 119 cm³/mol. The van der Waals surface area contributed by atoms with Crippen molar-refractivity contribution < 1.29 is 19.8 Å². The van der Waals surface area contributed by atoms with Gasteiger partial charge < -0.3 is 10.2 Å². The van der Waals surface area contributed by atoms with E-state index in [2.05, 4.69) is 15.6 Å². The minimum absolute atomic E-state index is 0.0707. The number of rotatable bonds is 6. The summed E-state index contributed by atoms with van der Waals surface area (Å²) in [6, 6.07) is 21.7. The monoisotopic (exact) mass is 426 g/mol. The van der Waals surface area contributed by atoms with Gasteiger partial charge in [0.1, 0.15) is 11.4 Å². The Labute approximate surface area is 183 Å². The summed E-state index contributed by atoms with van der Waals surface area (Å²) >= 11 is 0. The van der Waals surface area contributed by atoms with E-state index in [4.69, 9.17) is 5.11 Å². The van der Waals surface area contributed by atoms with E-state index >= 15 is 0 Å². The van der Waals surface area contributed by atoms with Crippen LogP contribution >= 0.6 is 0 Å².